The van der Waals surface area contributed by atoms with Crippen LogP contribution < -0.4 is 5.32 Å². The van der Waals surface area contributed by atoms with E-state index in [-0.39, 0.29) is 12.1 Å². The number of hydrogen-bond donors (Lipinski definition) is 1. The number of benzene rings is 1. The predicted octanol–water partition coefficient (Wildman–Crippen LogP) is 6.54. The number of likely N-dealkylation sites (N-methyl/N-ethyl adjacent to an activating group) is 1. The van der Waals surface area contributed by atoms with Crippen LogP contribution in [0.15, 0.2) is 18.2 Å². The van der Waals surface area contributed by atoms with Crippen LogP contribution in [0.5, 0.6) is 0 Å². The van der Waals surface area contributed by atoms with Gasteiger partial charge in [-0.15, -0.1) is 0 Å². The van der Waals surface area contributed by atoms with Gasteiger partial charge < -0.3 is 15.0 Å². The van der Waals surface area contributed by atoms with Gasteiger partial charge in [-0.3, -0.25) is 0 Å². The van der Waals surface area contributed by atoms with Crippen LogP contribution in [0.3, 0.4) is 0 Å². The lowest BCUT2D eigenvalue weighted by atomic mass is 10.0. The van der Waals surface area contributed by atoms with Gasteiger partial charge in [-0.25, -0.2) is 4.79 Å². The summed E-state index contributed by atoms with van der Waals surface area (Å²) in [7, 11) is 1.70. The molecular weight excluding hydrogens is 441 g/mol. The lowest BCUT2D eigenvalue weighted by Gasteiger charge is -2.34. The fourth-order valence-corrected chi connectivity index (χ4v) is 3.56. The van der Waals surface area contributed by atoms with E-state index >= 15 is 0 Å². The normalized spacial score (nSPS) is 21.8. The van der Waals surface area contributed by atoms with E-state index in [1.165, 1.54) is 0 Å². The number of nitrogens with one attached hydrogen (secondary N) is 1. The fraction of sp³-hybridized carbons (Fsp3) is 0.588. The topological polar surface area (TPSA) is 41.6 Å². The summed E-state index contributed by atoms with van der Waals surface area (Å²) in [5, 5.41) is 4.45. The van der Waals surface area contributed by atoms with Crippen molar-refractivity contribution in [1.29, 1.82) is 0 Å². The van der Waals surface area contributed by atoms with Gasteiger partial charge in [-0.1, -0.05) is 77.3 Å². The number of amides is 1. The molecule has 26 heavy (non-hydrogen) atoms. The molecule has 1 N–H and O–H groups in total. The third kappa shape index (κ3) is 6.13. The first kappa shape index (κ1) is 22.0. The smallest absolute Gasteiger partial charge is 0.411 e. The highest BCUT2D eigenvalue weighted by molar-refractivity contribution is 6.48. The second-order valence-electron chi connectivity index (χ2n) is 6.27. The lowest BCUT2D eigenvalue weighted by molar-refractivity contribution is 0.0842. The van der Waals surface area contributed by atoms with Crippen molar-refractivity contribution in [3.8, 4) is 0 Å². The molecule has 0 bridgehead atoms. The first-order valence-corrected chi connectivity index (χ1v) is 10.4. The number of anilines is 1. The molecule has 1 fully saturated rings. The minimum atomic E-state index is -1.10. The number of halogens is 5. The number of alkyl halides is 3. The Morgan fingerprint density at radius 2 is 1.85 bits per heavy atom. The molecule has 1 aromatic rings. The van der Waals surface area contributed by atoms with Crippen molar-refractivity contribution in [3.63, 3.8) is 0 Å². The molecule has 1 amide bonds. The van der Waals surface area contributed by atoms with Gasteiger partial charge in [0.05, 0.1) is 16.1 Å². The maximum Gasteiger partial charge on any atom is 0.411 e. The summed E-state index contributed by atoms with van der Waals surface area (Å²) < 4.78 is 5.12. The minimum absolute atomic E-state index is 0.0452. The van der Waals surface area contributed by atoms with Gasteiger partial charge in [0.2, 0.25) is 5.56 Å². The monoisotopic (exact) mass is 460 g/mol. The predicted molar refractivity (Wildman–Crippen MR) is 110 cm³/mol. The second-order valence-corrected chi connectivity index (χ2v) is 8.67. The van der Waals surface area contributed by atoms with Crippen LogP contribution in [0.4, 0.5) is 10.5 Å². The van der Waals surface area contributed by atoms with E-state index in [0.717, 1.165) is 37.8 Å². The molecule has 4 nitrogen and oxygen atoms in total. The molecule has 1 aromatic carbocycles. The molecular formula is C17H21Cl5N2O2. The highest BCUT2D eigenvalue weighted by atomic mass is 35.5. The molecule has 3 unspecified atom stereocenters. The number of hydrogen-bond acceptors (Lipinski definition) is 3. The molecule has 3 atom stereocenters. The van der Waals surface area contributed by atoms with Crippen molar-refractivity contribution in [3.05, 3.63) is 28.2 Å². The van der Waals surface area contributed by atoms with Gasteiger partial charge >= 0.3 is 6.09 Å². The van der Waals surface area contributed by atoms with Crippen molar-refractivity contribution in [2.24, 2.45) is 0 Å². The van der Waals surface area contributed by atoms with Crippen LogP contribution in [0, 0.1) is 0 Å². The second kappa shape index (κ2) is 10.3. The van der Waals surface area contributed by atoms with Crippen molar-refractivity contribution in [2.75, 3.05) is 12.4 Å². The molecule has 9 heteroatoms. The van der Waals surface area contributed by atoms with Gasteiger partial charge in [0.25, 0.3) is 0 Å². The maximum absolute atomic E-state index is 12.4. The summed E-state index contributed by atoms with van der Waals surface area (Å²) in [6, 6.07) is 5.38. The highest BCUT2D eigenvalue weighted by Gasteiger charge is 2.32. The van der Waals surface area contributed by atoms with Crippen LogP contribution in [0.2, 0.25) is 10.0 Å². The van der Waals surface area contributed by atoms with Gasteiger partial charge in [-0.2, -0.15) is 0 Å². The zero-order valence-corrected chi connectivity index (χ0v) is 18.0. The highest BCUT2D eigenvalue weighted by Crippen LogP contribution is 2.29. The summed E-state index contributed by atoms with van der Waals surface area (Å²) in [4.78, 5) is 13.0. The minimum Gasteiger partial charge on any atom is -0.427 e. The molecule has 1 saturated carbocycles. The van der Waals surface area contributed by atoms with E-state index in [2.05, 4.69) is 5.32 Å². The number of carbonyl (C=O) groups is 1. The summed E-state index contributed by atoms with van der Waals surface area (Å²) in [5.74, 6) is 0. The number of ether oxygens (including phenoxy) is 1. The quantitative estimate of drug-likeness (QED) is 0.399. The van der Waals surface area contributed by atoms with Crippen molar-refractivity contribution < 1.29 is 9.53 Å². The number of carbonyl (C=O) groups excluding carboxylic acids is 1. The van der Waals surface area contributed by atoms with Crippen LogP contribution in [-0.4, -0.2) is 40.5 Å². The lowest BCUT2D eigenvalue weighted by Crippen LogP contribution is -2.48. The van der Waals surface area contributed by atoms with Crippen molar-refractivity contribution in [2.45, 2.75) is 54.6 Å². The Kier molecular flexibility index (Phi) is 8.75. The Hall–Kier alpha value is -0.260. The SMILES string of the molecule is CN(C(=O)OC(Cl)C(Cl)Cl)C1CCCCCC1Nc1ccc(Cl)c(Cl)c1. The summed E-state index contributed by atoms with van der Waals surface area (Å²) in [6.45, 7) is 0. The Morgan fingerprint density at radius 3 is 2.50 bits per heavy atom. The van der Waals surface area contributed by atoms with Crippen molar-refractivity contribution >= 4 is 69.8 Å². The molecule has 0 spiro atoms. The van der Waals surface area contributed by atoms with E-state index < -0.39 is 16.5 Å². The average Bonchev–Trinajstić information content (AvgIpc) is 2.82. The van der Waals surface area contributed by atoms with Crippen LogP contribution in [0.25, 0.3) is 0 Å². The van der Waals surface area contributed by atoms with E-state index in [9.17, 15) is 4.79 Å². The van der Waals surface area contributed by atoms with Crippen LogP contribution in [0.1, 0.15) is 32.1 Å². The van der Waals surface area contributed by atoms with E-state index in [1.54, 1.807) is 24.1 Å². The molecule has 2 rings (SSSR count). The summed E-state index contributed by atoms with van der Waals surface area (Å²) in [6.07, 6.45) is 4.43. The Morgan fingerprint density at radius 1 is 1.15 bits per heavy atom. The summed E-state index contributed by atoms with van der Waals surface area (Å²) in [5.41, 5.74) is -0.240. The van der Waals surface area contributed by atoms with E-state index in [1.807, 2.05) is 6.07 Å². The molecule has 0 radical (unpaired) electrons. The van der Waals surface area contributed by atoms with Gasteiger partial charge in [0.1, 0.15) is 0 Å². The van der Waals surface area contributed by atoms with Crippen LogP contribution in [-0.2, 0) is 4.74 Å². The zero-order chi connectivity index (χ0) is 19.3. The number of nitrogens with zero attached hydrogens (tertiary/aromatic N) is 1. The maximum atomic E-state index is 12.4. The standard InChI is InChI=1S/C17H21Cl5N2O2/c1-24(17(25)26-16(22)15(20)21)14-6-4-2-3-5-13(14)23-10-7-8-11(18)12(19)9-10/h7-9,13-16,23H,2-6H2,1H3. The van der Waals surface area contributed by atoms with E-state index in [4.69, 9.17) is 62.7 Å². The van der Waals surface area contributed by atoms with E-state index in [0.29, 0.717) is 10.0 Å². The van der Waals surface area contributed by atoms with Gasteiger partial charge in [-0.05, 0) is 31.0 Å². The van der Waals surface area contributed by atoms with Crippen LogP contribution >= 0.6 is 58.0 Å². The first-order valence-electron chi connectivity index (χ1n) is 8.37. The Bertz CT molecular complexity index is 617. The Labute approximate surface area is 179 Å². The number of rotatable bonds is 5. The molecule has 0 aromatic heterocycles. The average molecular weight is 463 g/mol. The largest absolute Gasteiger partial charge is 0.427 e. The zero-order valence-electron chi connectivity index (χ0n) is 14.2. The third-order valence-electron chi connectivity index (χ3n) is 4.45. The van der Waals surface area contributed by atoms with Gasteiger partial charge in [0, 0.05) is 18.8 Å². The molecule has 0 heterocycles. The molecule has 146 valence electrons. The van der Waals surface area contributed by atoms with Crippen molar-refractivity contribution in [1.82, 2.24) is 4.90 Å². The van der Waals surface area contributed by atoms with Gasteiger partial charge in [0.15, 0.2) is 4.84 Å². The molecule has 1 aliphatic carbocycles. The molecule has 0 aliphatic heterocycles. The third-order valence-corrected chi connectivity index (χ3v) is 6.24. The summed E-state index contributed by atoms with van der Waals surface area (Å²) >= 11 is 29.2. The molecule has 0 saturated heterocycles. The first-order chi connectivity index (χ1) is 12.3. The molecule has 1 aliphatic rings. The fourth-order valence-electron chi connectivity index (χ4n) is 3.09. The Balaban J connectivity index is 2.11.